The van der Waals surface area contributed by atoms with E-state index in [1.54, 1.807) is 36.2 Å². The summed E-state index contributed by atoms with van der Waals surface area (Å²) < 4.78 is 0. The van der Waals surface area contributed by atoms with Crippen LogP contribution < -0.4 is 10.6 Å². The second-order valence-electron chi connectivity index (χ2n) is 6.80. The van der Waals surface area contributed by atoms with Crippen molar-refractivity contribution >= 4 is 24.2 Å². The summed E-state index contributed by atoms with van der Waals surface area (Å²) in [5.41, 5.74) is 1.08. The lowest BCUT2D eigenvalue weighted by atomic mass is 10.1. The number of nitrogens with zero attached hydrogens (tertiary/aromatic N) is 1. The molecule has 6 heteroatoms. The SMILES string of the molecule is CCN(C)C(=O)c1cccc(C(=O)NCCNC2CCCCCC2)c1.Cl. The Hall–Kier alpha value is -1.59. The van der Waals surface area contributed by atoms with E-state index in [1.165, 1.54) is 38.5 Å². The van der Waals surface area contributed by atoms with Crippen LogP contribution in [-0.4, -0.2) is 49.4 Å². The van der Waals surface area contributed by atoms with Crippen molar-refractivity contribution in [3.63, 3.8) is 0 Å². The van der Waals surface area contributed by atoms with Gasteiger partial charge in [-0.15, -0.1) is 12.4 Å². The van der Waals surface area contributed by atoms with E-state index in [0.29, 0.717) is 30.3 Å². The van der Waals surface area contributed by atoms with E-state index in [4.69, 9.17) is 0 Å². The molecule has 146 valence electrons. The normalized spacial score (nSPS) is 14.8. The van der Waals surface area contributed by atoms with Crippen LogP contribution in [0.2, 0.25) is 0 Å². The van der Waals surface area contributed by atoms with Crippen molar-refractivity contribution in [2.45, 2.75) is 51.5 Å². The van der Waals surface area contributed by atoms with Crippen LogP contribution in [0, 0.1) is 0 Å². The minimum absolute atomic E-state index is 0. The highest BCUT2D eigenvalue weighted by Crippen LogP contribution is 2.16. The fourth-order valence-electron chi connectivity index (χ4n) is 3.20. The maximum absolute atomic E-state index is 12.3. The molecule has 0 aromatic heterocycles. The molecule has 5 nitrogen and oxygen atoms in total. The van der Waals surface area contributed by atoms with Gasteiger partial charge in [0.1, 0.15) is 0 Å². The lowest BCUT2D eigenvalue weighted by Crippen LogP contribution is -2.37. The molecule has 0 aliphatic heterocycles. The van der Waals surface area contributed by atoms with Gasteiger partial charge in [-0.05, 0) is 38.0 Å². The van der Waals surface area contributed by atoms with Crippen molar-refractivity contribution in [1.82, 2.24) is 15.5 Å². The van der Waals surface area contributed by atoms with E-state index in [2.05, 4.69) is 10.6 Å². The second-order valence-corrected chi connectivity index (χ2v) is 6.80. The largest absolute Gasteiger partial charge is 0.351 e. The molecule has 0 atom stereocenters. The van der Waals surface area contributed by atoms with Crippen LogP contribution in [0.5, 0.6) is 0 Å². The number of carbonyl (C=O) groups is 2. The van der Waals surface area contributed by atoms with E-state index in [0.717, 1.165) is 6.54 Å². The summed E-state index contributed by atoms with van der Waals surface area (Å²) in [5.74, 6) is -0.191. The van der Waals surface area contributed by atoms with E-state index < -0.39 is 0 Å². The molecule has 1 saturated carbocycles. The molecule has 0 bridgehead atoms. The lowest BCUT2D eigenvalue weighted by molar-refractivity contribution is 0.0802. The zero-order chi connectivity index (χ0) is 18.1. The van der Waals surface area contributed by atoms with Gasteiger partial charge in [-0.1, -0.05) is 31.7 Å². The van der Waals surface area contributed by atoms with Gasteiger partial charge in [-0.2, -0.15) is 0 Å². The Labute approximate surface area is 163 Å². The molecule has 2 rings (SSSR count). The zero-order valence-corrected chi connectivity index (χ0v) is 16.7. The molecule has 1 aromatic carbocycles. The molecule has 0 radical (unpaired) electrons. The number of benzene rings is 1. The molecule has 1 fully saturated rings. The minimum Gasteiger partial charge on any atom is -0.351 e. The third-order valence-corrected chi connectivity index (χ3v) is 4.89. The van der Waals surface area contributed by atoms with Crippen molar-refractivity contribution in [2.24, 2.45) is 0 Å². The quantitative estimate of drug-likeness (QED) is 0.563. The Morgan fingerprint density at radius 3 is 2.38 bits per heavy atom. The van der Waals surface area contributed by atoms with Crippen LogP contribution in [-0.2, 0) is 0 Å². The first-order valence-corrected chi connectivity index (χ1v) is 9.49. The number of carbonyl (C=O) groups excluding carboxylic acids is 2. The first-order valence-electron chi connectivity index (χ1n) is 9.49. The maximum atomic E-state index is 12.3. The summed E-state index contributed by atoms with van der Waals surface area (Å²) >= 11 is 0. The van der Waals surface area contributed by atoms with Crippen LogP contribution in [0.4, 0.5) is 0 Å². The van der Waals surface area contributed by atoms with Crippen molar-refractivity contribution in [2.75, 3.05) is 26.7 Å². The third-order valence-electron chi connectivity index (χ3n) is 4.89. The van der Waals surface area contributed by atoms with Crippen molar-refractivity contribution < 1.29 is 9.59 Å². The highest BCUT2D eigenvalue weighted by atomic mass is 35.5. The molecule has 2 N–H and O–H groups in total. The molecule has 2 amide bonds. The van der Waals surface area contributed by atoms with Crippen molar-refractivity contribution in [3.05, 3.63) is 35.4 Å². The molecular formula is C20H32ClN3O2. The average Bonchev–Trinajstić information content (AvgIpc) is 2.92. The predicted octanol–water partition coefficient (Wildman–Crippen LogP) is 3.24. The minimum atomic E-state index is -0.128. The van der Waals surface area contributed by atoms with E-state index in [9.17, 15) is 9.59 Å². The Morgan fingerprint density at radius 1 is 1.08 bits per heavy atom. The summed E-state index contributed by atoms with van der Waals surface area (Å²) in [7, 11) is 1.76. The maximum Gasteiger partial charge on any atom is 0.253 e. The highest BCUT2D eigenvalue weighted by Gasteiger charge is 2.14. The number of nitrogens with one attached hydrogen (secondary N) is 2. The molecule has 0 spiro atoms. The monoisotopic (exact) mass is 381 g/mol. The first kappa shape index (κ1) is 22.5. The molecular weight excluding hydrogens is 350 g/mol. The van der Waals surface area contributed by atoms with Crippen LogP contribution in [0.25, 0.3) is 0 Å². The number of halogens is 1. The van der Waals surface area contributed by atoms with E-state index >= 15 is 0 Å². The predicted molar refractivity (Wildman–Crippen MR) is 108 cm³/mol. The Balaban J connectivity index is 0.00000338. The fraction of sp³-hybridized carbons (Fsp3) is 0.600. The molecule has 0 saturated heterocycles. The van der Waals surface area contributed by atoms with Crippen LogP contribution >= 0.6 is 12.4 Å². The van der Waals surface area contributed by atoms with Crippen LogP contribution in [0.3, 0.4) is 0 Å². The van der Waals surface area contributed by atoms with Gasteiger partial charge >= 0.3 is 0 Å². The number of hydrogen-bond donors (Lipinski definition) is 2. The molecule has 1 aliphatic rings. The number of amides is 2. The van der Waals surface area contributed by atoms with E-state index in [-0.39, 0.29) is 24.2 Å². The molecule has 1 aliphatic carbocycles. The zero-order valence-electron chi connectivity index (χ0n) is 15.9. The summed E-state index contributed by atoms with van der Waals surface area (Å²) in [6, 6.07) is 7.51. The van der Waals surface area contributed by atoms with Crippen molar-refractivity contribution in [1.29, 1.82) is 0 Å². The summed E-state index contributed by atoms with van der Waals surface area (Å²) in [5, 5.41) is 6.48. The van der Waals surface area contributed by atoms with Gasteiger partial charge in [-0.3, -0.25) is 9.59 Å². The summed E-state index contributed by atoms with van der Waals surface area (Å²) in [6.45, 7) is 3.95. The van der Waals surface area contributed by atoms with Gasteiger partial charge < -0.3 is 15.5 Å². The smallest absolute Gasteiger partial charge is 0.253 e. The molecule has 0 unspecified atom stereocenters. The Morgan fingerprint density at radius 2 is 1.73 bits per heavy atom. The highest BCUT2D eigenvalue weighted by molar-refractivity contribution is 5.99. The standard InChI is InChI=1S/C20H31N3O2.ClH/c1-3-23(2)20(25)17-10-8-9-16(15-17)19(24)22-14-13-21-18-11-6-4-5-7-12-18;/h8-10,15,18,21H,3-7,11-14H2,1-2H3,(H,22,24);1H. The fourth-order valence-corrected chi connectivity index (χ4v) is 3.20. The third kappa shape index (κ3) is 6.96. The van der Waals surface area contributed by atoms with Crippen LogP contribution in [0.15, 0.2) is 24.3 Å². The van der Waals surface area contributed by atoms with Gasteiger partial charge in [0.15, 0.2) is 0 Å². The first-order chi connectivity index (χ1) is 12.1. The van der Waals surface area contributed by atoms with Gasteiger partial charge in [0.2, 0.25) is 0 Å². The van der Waals surface area contributed by atoms with Crippen LogP contribution in [0.1, 0.15) is 66.2 Å². The molecule has 1 aromatic rings. The van der Waals surface area contributed by atoms with Gasteiger partial charge in [0.25, 0.3) is 11.8 Å². The lowest BCUT2D eigenvalue weighted by Gasteiger charge is -2.16. The molecule has 0 heterocycles. The topological polar surface area (TPSA) is 61.4 Å². The van der Waals surface area contributed by atoms with Gasteiger partial charge in [-0.25, -0.2) is 0 Å². The summed E-state index contributed by atoms with van der Waals surface area (Å²) in [6.07, 6.45) is 7.77. The number of rotatable bonds is 7. The second kappa shape index (κ2) is 11.9. The van der Waals surface area contributed by atoms with Gasteiger partial charge in [0.05, 0.1) is 0 Å². The van der Waals surface area contributed by atoms with Crippen molar-refractivity contribution in [3.8, 4) is 0 Å². The number of hydrogen-bond acceptors (Lipinski definition) is 3. The van der Waals surface area contributed by atoms with E-state index in [1.807, 2.05) is 6.92 Å². The Bertz CT molecular complexity index is 572. The Kier molecular flexibility index (Phi) is 10.3. The summed E-state index contributed by atoms with van der Waals surface area (Å²) in [4.78, 5) is 26.1. The average molecular weight is 382 g/mol. The molecule has 26 heavy (non-hydrogen) atoms. The van der Waals surface area contributed by atoms with Gasteiger partial charge in [0, 0.05) is 43.9 Å².